The van der Waals surface area contributed by atoms with Crippen LogP contribution >= 0.6 is 0 Å². The normalized spacial score (nSPS) is 21.6. The second-order valence-corrected chi connectivity index (χ2v) is 4.36. The smallest absolute Gasteiger partial charge is 0.242 e. The second kappa shape index (κ2) is 5.97. The molecule has 2 N–H and O–H groups in total. The van der Waals surface area contributed by atoms with Crippen molar-refractivity contribution in [1.82, 2.24) is 20.2 Å². The van der Waals surface area contributed by atoms with E-state index in [2.05, 4.69) is 15.6 Å². The van der Waals surface area contributed by atoms with E-state index in [9.17, 15) is 4.79 Å². The first-order valence-corrected chi connectivity index (χ1v) is 6.35. The molecular formula is C12H20N4O2. The van der Waals surface area contributed by atoms with Crippen molar-refractivity contribution < 1.29 is 9.53 Å². The predicted molar refractivity (Wildman–Crippen MR) is 67.2 cm³/mol. The third kappa shape index (κ3) is 2.70. The SMILES string of the molecule is CCNC(=O)C(C)n1cncc1C1CNCCO1. The summed E-state index contributed by atoms with van der Waals surface area (Å²) >= 11 is 0. The number of ether oxygens (including phenoxy) is 1. The summed E-state index contributed by atoms with van der Waals surface area (Å²) in [6, 6.07) is -0.270. The molecule has 6 heteroatoms. The molecule has 0 saturated carbocycles. The van der Waals surface area contributed by atoms with Crippen LogP contribution in [0.15, 0.2) is 12.5 Å². The van der Waals surface area contributed by atoms with Gasteiger partial charge in [-0.15, -0.1) is 0 Å². The van der Waals surface area contributed by atoms with Crippen molar-refractivity contribution in [3.05, 3.63) is 18.2 Å². The van der Waals surface area contributed by atoms with Gasteiger partial charge < -0.3 is 19.9 Å². The Morgan fingerprint density at radius 3 is 3.28 bits per heavy atom. The average molecular weight is 252 g/mol. The van der Waals surface area contributed by atoms with Gasteiger partial charge in [0, 0.05) is 19.6 Å². The fourth-order valence-electron chi connectivity index (χ4n) is 2.09. The number of hydrogen-bond acceptors (Lipinski definition) is 4. The van der Waals surface area contributed by atoms with E-state index in [1.54, 1.807) is 12.5 Å². The average Bonchev–Trinajstić information content (AvgIpc) is 2.88. The molecule has 2 unspecified atom stereocenters. The van der Waals surface area contributed by atoms with Crippen LogP contribution in [0.5, 0.6) is 0 Å². The molecule has 0 aromatic carbocycles. The highest BCUT2D eigenvalue weighted by Gasteiger charge is 2.23. The molecule has 1 saturated heterocycles. The van der Waals surface area contributed by atoms with Crippen LogP contribution in [-0.4, -0.2) is 41.7 Å². The zero-order valence-electron chi connectivity index (χ0n) is 10.8. The first kappa shape index (κ1) is 13.0. The van der Waals surface area contributed by atoms with E-state index in [0.29, 0.717) is 13.2 Å². The molecule has 1 aromatic rings. The maximum Gasteiger partial charge on any atom is 0.242 e. The summed E-state index contributed by atoms with van der Waals surface area (Å²) in [4.78, 5) is 16.0. The minimum atomic E-state index is -0.270. The van der Waals surface area contributed by atoms with Gasteiger partial charge in [-0.1, -0.05) is 0 Å². The highest BCUT2D eigenvalue weighted by Crippen LogP contribution is 2.21. The molecule has 0 bridgehead atoms. The maximum atomic E-state index is 11.9. The van der Waals surface area contributed by atoms with Crippen LogP contribution in [0.3, 0.4) is 0 Å². The van der Waals surface area contributed by atoms with Crippen LogP contribution in [0.2, 0.25) is 0 Å². The zero-order valence-corrected chi connectivity index (χ0v) is 10.8. The van der Waals surface area contributed by atoms with Gasteiger partial charge in [-0.3, -0.25) is 4.79 Å². The Labute approximate surface area is 107 Å². The Hall–Kier alpha value is -1.40. The van der Waals surface area contributed by atoms with Crippen molar-refractivity contribution in [2.24, 2.45) is 0 Å². The molecule has 2 heterocycles. The predicted octanol–water partition coefficient (Wildman–Crippen LogP) is 0.241. The number of imidazole rings is 1. The molecule has 6 nitrogen and oxygen atoms in total. The molecule has 1 amide bonds. The van der Waals surface area contributed by atoms with Crippen LogP contribution in [0.4, 0.5) is 0 Å². The van der Waals surface area contributed by atoms with Crippen LogP contribution < -0.4 is 10.6 Å². The van der Waals surface area contributed by atoms with Crippen LogP contribution in [0.1, 0.15) is 31.7 Å². The van der Waals surface area contributed by atoms with Gasteiger partial charge in [-0.25, -0.2) is 4.98 Å². The lowest BCUT2D eigenvalue weighted by Crippen LogP contribution is -2.36. The van der Waals surface area contributed by atoms with Crippen LogP contribution in [0, 0.1) is 0 Å². The van der Waals surface area contributed by atoms with Gasteiger partial charge in [-0.2, -0.15) is 0 Å². The largest absolute Gasteiger partial charge is 0.369 e. The number of rotatable bonds is 4. The molecule has 1 aromatic heterocycles. The summed E-state index contributed by atoms with van der Waals surface area (Å²) in [5.41, 5.74) is 0.945. The van der Waals surface area contributed by atoms with E-state index in [1.165, 1.54) is 0 Å². The summed E-state index contributed by atoms with van der Waals surface area (Å²) in [5.74, 6) is 0.000480. The molecule has 0 aliphatic carbocycles. The Bertz CT molecular complexity index is 399. The third-order valence-electron chi connectivity index (χ3n) is 3.10. The molecule has 0 radical (unpaired) electrons. The van der Waals surface area contributed by atoms with E-state index < -0.39 is 0 Å². The number of hydrogen-bond donors (Lipinski definition) is 2. The van der Waals surface area contributed by atoms with Crippen molar-refractivity contribution in [3.63, 3.8) is 0 Å². The van der Waals surface area contributed by atoms with E-state index in [1.807, 2.05) is 18.4 Å². The van der Waals surface area contributed by atoms with Gasteiger partial charge in [-0.05, 0) is 13.8 Å². The van der Waals surface area contributed by atoms with E-state index >= 15 is 0 Å². The third-order valence-corrected chi connectivity index (χ3v) is 3.10. The van der Waals surface area contributed by atoms with Crippen molar-refractivity contribution in [1.29, 1.82) is 0 Å². The molecular weight excluding hydrogens is 232 g/mol. The topological polar surface area (TPSA) is 68.2 Å². The van der Waals surface area contributed by atoms with Gasteiger partial charge in [0.15, 0.2) is 0 Å². The van der Waals surface area contributed by atoms with Gasteiger partial charge in [0.25, 0.3) is 0 Å². The lowest BCUT2D eigenvalue weighted by atomic mass is 10.2. The standard InChI is InChI=1S/C12H20N4O2/c1-3-15-12(17)9(2)16-8-14-6-10(16)11-7-13-4-5-18-11/h6,8-9,11,13H,3-5,7H2,1-2H3,(H,15,17). The van der Waals surface area contributed by atoms with Gasteiger partial charge >= 0.3 is 0 Å². The van der Waals surface area contributed by atoms with E-state index in [4.69, 9.17) is 4.74 Å². The maximum absolute atomic E-state index is 11.9. The summed E-state index contributed by atoms with van der Waals surface area (Å²) < 4.78 is 7.58. The number of amides is 1. The lowest BCUT2D eigenvalue weighted by molar-refractivity contribution is -0.123. The fraction of sp³-hybridized carbons (Fsp3) is 0.667. The van der Waals surface area contributed by atoms with Crippen molar-refractivity contribution in [3.8, 4) is 0 Å². The summed E-state index contributed by atoms with van der Waals surface area (Å²) in [5, 5.41) is 6.10. The number of nitrogens with one attached hydrogen (secondary N) is 2. The molecule has 2 atom stereocenters. The number of aromatic nitrogens is 2. The minimum absolute atomic E-state index is 0.000480. The van der Waals surface area contributed by atoms with Gasteiger partial charge in [0.1, 0.15) is 12.1 Å². The first-order chi connectivity index (χ1) is 8.74. The summed E-state index contributed by atoms with van der Waals surface area (Å²) in [6.45, 7) is 6.73. The lowest BCUT2D eigenvalue weighted by Gasteiger charge is -2.26. The van der Waals surface area contributed by atoms with Gasteiger partial charge in [0.2, 0.25) is 5.91 Å². The molecule has 0 spiro atoms. The molecule has 18 heavy (non-hydrogen) atoms. The highest BCUT2D eigenvalue weighted by atomic mass is 16.5. The van der Waals surface area contributed by atoms with E-state index in [0.717, 1.165) is 18.8 Å². The molecule has 1 fully saturated rings. The number of carbonyl (C=O) groups is 1. The number of carbonyl (C=O) groups excluding carboxylic acids is 1. The van der Waals surface area contributed by atoms with Crippen LogP contribution in [0.25, 0.3) is 0 Å². The summed E-state index contributed by atoms with van der Waals surface area (Å²) in [7, 11) is 0. The monoisotopic (exact) mass is 252 g/mol. The van der Waals surface area contributed by atoms with Gasteiger partial charge in [0.05, 0.1) is 24.8 Å². The minimum Gasteiger partial charge on any atom is -0.369 e. The van der Waals surface area contributed by atoms with Crippen LogP contribution in [-0.2, 0) is 9.53 Å². The Morgan fingerprint density at radius 1 is 1.78 bits per heavy atom. The quantitative estimate of drug-likeness (QED) is 0.805. The highest BCUT2D eigenvalue weighted by molar-refractivity contribution is 5.79. The van der Waals surface area contributed by atoms with Crippen molar-refractivity contribution >= 4 is 5.91 Å². The Balaban J connectivity index is 2.13. The number of nitrogens with zero attached hydrogens (tertiary/aromatic N) is 2. The number of likely N-dealkylation sites (N-methyl/N-ethyl adjacent to an activating group) is 1. The van der Waals surface area contributed by atoms with E-state index in [-0.39, 0.29) is 18.1 Å². The number of morpholine rings is 1. The molecule has 2 rings (SSSR count). The first-order valence-electron chi connectivity index (χ1n) is 6.35. The molecule has 100 valence electrons. The Kier molecular flexibility index (Phi) is 4.33. The molecule has 1 aliphatic rings. The summed E-state index contributed by atoms with van der Waals surface area (Å²) in [6.07, 6.45) is 3.43. The van der Waals surface area contributed by atoms with Crippen molar-refractivity contribution in [2.75, 3.05) is 26.2 Å². The second-order valence-electron chi connectivity index (χ2n) is 4.36. The fourth-order valence-corrected chi connectivity index (χ4v) is 2.09. The van der Waals surface area contributed by atoms with Crippen molar-refractivity contribution in [2.45, 2.75) is 26.0 Å². The zero-order chi connectivity index (χ0) is 13.0. The Morgan fingerprint density at radius 2 is 2.61 bits per heavy atom. The molecule has 1 aliphatic heterocycles.